The van der Waals surface area contributed by atoms with Gasteiger partial charge in [-0.1, -0.05) is 12.0 Å². The second kappa shape index (κ2) is 5.69. The summed E-state index contributed by atoms with van der Waals surface area (Å²) in [5.74, 6) is 2.99. The molecule has 1 aliphatic heterocycles. The summed E-state index contributed by atoms with van der Waals surface area (Å²) in [5.41, 5.74) is 4.33. The van der Waals surface area contributed by atoms with Crippen LogP contribution in [-0.2, 0) is 11.2 Å². The van der Waals surface area contributed by atoms with Crippen molar-refractivity contribution in [3.05, 3.63) is 34.7 Å². The Labute approximate surface area is 154 Å². The number of carbonyl (C=O) groups is 1. The molecule has 5 rings (SSSR count). The van der Waals surface area contributed by atoms with E-state index in [0.717, 1.165) is 42.9 Å². The van der Waals surface area contributed by atoms with Crippen LogP contribution >= 0.6 is 0 Å². The topological polar surface area (TPSA) is 53.4 Å². The minimum atomic E-state index is -0.510. The maximum absolute atomic E-state index is 12.6. The monoisotopic (exact) mass is 348 g/mol. The number of pyridine rings is 1. The van der Waals surface area contributed by atoms with Crippen LogP contribution in [0.3, 0.4) is 0 Å². The van der Waals surface area contributed by atoms with E-state index in [4.69, 9.17) is 11.4 Å². The summed E-state index contributed by atoms with van der Waals surface area (Å²) in [6, 6.07) is 3.84. The molecular formula is C22H24N2O2. The number of aliphatic hydroxyl groups is 1. The molecule has 3 aliphatic carbocycles. The number of piperidine rings is 1. The van der Waals surface area contributed by atoms with Crippen LogP contribution in [0.25, 0.3) is 5.70 Å². The van der Waals surface area contributed by atoms with E-state index in [-0.39, 0.29) is 5.78 Å². The lowest BCUT2D eigenvalue weighted by Gasteiger charge is -2.37. The zero-order valence-electron chi connectivity index (χ0n) is 15.0. The number of rotatable bonds is 3. The molecule has 4 aliphatic rings. The van der Waals surface area contributed by atoms with Crippen molar-refractivity contribution in [1.82, 2.24) is 9.88 Å². The smallest absolute Gasteiger partial charge is 0.177 e. The fraction of sp³-hybridized carbons (Fsp3) is 0.545. The number of hydrogen-bond donors (Lipinski definition) is 1. The lowest BCUT2D eigenvalue weighted by atomic mass is 9.88. The Kier molecular flexibility index (Phi) is 3.52. The van der Waals surface area contributed by atoms with Crippen LogP contribution in [0.2, 0.25) is 0 Å². The van der Waals surface area contributed by atoms with E-state index in [9.17, 15) is 9.90 Å². The molecule has 1 aromatic heterocycles. The van der Waals surface area contributed by atoms with Gasteiger partial charge < -0.3 is 10.0 Å². The molecule has 0 radical (unpaired) electrons. The van der Waals surface area contributed by atoms with Crippen molar-refractivity contribution < 1.29 is 9.90 Å². The predicted octanol–water partition coefficient (Wildman–Crippen LogP) is 2.87. The third-order valence-corrected chi connectivity index (χ3v) is 6.70. The number of fused-ring (bicyclic) bond motifs is 1. The van der Waals surface area contributed by atoms with Gasteiger partial charge in [0.2, 0.25) is 0 Å². The molecule has 1 aromatic rings. The highest BCUT2D eigenvalue weighted by atomic mass is 16.3. The van der Waals surface area contributed by atoms with Crippen LogP contribution in [0, 0.1) is 23.7 Å². The number of nitrogens with zero attached hydrogens (tertiary/aromatic N) is 2. The number of allylic oxidation sites excluding steroid dienone is 1. The number of carbonyl (C=O) groups excluding carboxylic acids is 1. The van der Waals surface area contributed by atoms with E-state index in [2.05, 4.69) is 10.8 Å². The predicted molar refractivity (Wildman–Crippen MR) is 98.9 cm³/mol. The quantitative estimate of drug-likeness (QED) is 0.854. The van der Waals surface area contributed by atoms with Crippen molar-refractivity contribution in [1.29, 1.82) is 0 Å². The molecule has 2 saturated carbocycles. The molecule has 1 atom stereocenters. The number of ketones is 1. The number of aliphatic hydroxyl groups excluding tert-OH is 1. The van der Waals surface area contributed by atoms with E-state index < -0.39 is 6.10 Å². The highest BCUT2D eigenvalue weighted by Gasteiger charge is 2.45. The third kappa shape index (κ3) is 2.57. The molecule has 1 spiro atoms. The maximum atomic E-state index is 12.6. The second-order valence-corrected chi connectivity index (χ2v) is 8.48. The number of terminal acetylenes is 1. The first kappa shape index (κ1) is 16.1. The van der Waals surface area contributed by atoms with Crippen LogP contribution in [-0.4, -0.2) is 33.9 Å². The molecule has 0 unspecified atom stereocenters. The summed E-state index contributed by atoms with van der Waals surface area (Å²) >= 11 is 0. The van der Waals surface area contributed by atoms with E-state index in [0.29, 0.717) is 29.0 Å². The Balaban J connectivity index is 1.55. The molecule has 1 N–H and O–H groups in total. The van der Waals surface area contributed by atoms with Crippen LogP contribution in [0.4, 0.5) is 0 Å². The standard InChI is InChI=1S/C22H24N2O2/c1-2-16-18(25)13-15-5-6-17(21(26)14-3-4-14)23-19(15)20(16)24-11-9-22(7-8-22)10-12-24/h1,5-6,14,21,26H,3-4,7-13H2/t21-/m1/s1. The first-order chi connectivity index (χ1) is 12.6. The Morgan fingerprint density at radius 1 is 1.23 bits per heavy atom. The minimum Gasteiger partial charge on any atom is -0.387 e. The molecule has 134 valence electrons. The van der Waals surface area contributed by atoms with E-state index in [1.165, 1.54) is 25.7 Å². The van der Waals surface area contributed by atoms with Crippen LogP contribution in [0.15, 0.2) is 17.7 Å². The molecule has 2 heterocycles. The highest BCUT2D eigenvalue weighted by Crippen LogP contribution is 2.54. The summed E-state index contributed by atoms with van der Waals surface area (Å²) in [5, 5.41) is 10.5. The van der Waals surface area contributed by atoms with E-state index in [1.54, 1.807) is 0 Å². The fourth-order valence-corrected chi connectivity index (χ4v) is 4.52. The van der Waals surface area contributed by atoms with Crippen molar-refractivity contribution in [2.75, 3.05) is 13.1 Å². The Morgan fingerprint density at radius 2 is 1.96 bits per heavy atom. The van der Waals surface area contributed by atoms with Crippen LogP contribution in [0.5, 0.6) is 0 Å². The van der Waals surface area contributed by atoms with Gasteiger partial charge >= 0.3 is 0 Å². The molecule has 0 aromatic carbocycles. The first-order valence-corrected chi connectivity index (χ1v) is 9.77. The van der Waals surface area contributed by atoms with Gasteiger partial charge in [-0.2, -0.15) is 0 Å². The van der Waals surface area contributed by atoms with Crippen molar-refractivity contribution in [3.63, 3.8) is 0 Å². The number of Topliss-reactive ketones (excluding diaryl/α,β-unsaturated/α-hetero) is 1. The first-order valence-electron chi connectivity index (χ1n) is 9.77. The van der Waals surface area contributed by atoms with Gasteiger partial charge in [0.25, 0.3) is 0 Å². The average molecular weight is 348 g/mol. The van der Waals surface area contributed by atoms with Gasteiger partial charge in [0, 0.05) is 19.5 Å². The molecule has 4 heteroatoms. The molecular weight excluding hydrogens is 324 g/mol. The Hall–Kier alpha value is -2.12. The normalized spacial score (nSPS) is 25.1. The lowest BCUT2D eigenvalue weighted by Crippen LogP contribution is -2.36. The van der Waals surface area contributed by atoms with Crippen molar-refractivity contribution in [2.45, 2.75) is 51.0 Å². The van der Waals surface area contributed by atoms with Gasteiger partial charge in [-0.3, -0.25) is 4.79 Å². The summed E-state index contributed by atoms with van der Waals surface area (Å²) in [6.07, 6.45) is 12.7. The summed E-state index contributed by atoms with van der Waals surface area (Å²) in [6.45, 7) is 1.87. The Bertz CT molecular complexity index is 845. The average Bonchev–Trinajstić information content (AvgIpc) is 3.57. The van der Waals surface area contributed by atoms with Crippen molar-refractivity contribution in [2.24, 2.45) is 11.3 Å². The van der Waals surface area contributed by atoms with Crippen molar-refractivity contribution >= 4 is 11.5 Å². The third-order valence-electron chi connectivity index (χ3n) is 6.70. The molecule has 3 fully saturated rings. The molecule has 1 saturated heterocycles. The second-order valence-electron chi connectivity index (χ2n) is 8.48. The maximum Gasteiger partial charge on any atom is 0.177 e. The van der Waals surface area contributed by atoms with Gasteiger partial charge in [0.15, 0.2) is 5.78 Å². The zero-order chi connectivity index (χ0) is 17.9. The van der Waals surface area contributed by atoms with Gasteiger partial charge in [0.1, 0.15) is 0 Å². The molecule has 4 nitrogen and oxygen atoms in total. The van der Waals surface area contributed by atoms with Crippen LogP contribution < -0.4 is 0 Å². The lowest BCUT2D eigenvalue weighted by molar-refractivity contribution is -0.114. The number of likely N-dealkylation sites (tertiary alicyclic amines) is 1. The highest BCUT2D eigenvalue weighted by molar-refractivity contribution is 6.09. The summed E-state index contributed by atoms with van der Waals surface area (Å²) in [4.78, 5) is 19.7. The molecule has 26 heavy (non-hydrogen) atoms. The van der Waals surface area contributed by atoms with Crippen molar-refractivity contribution in [3.8, 4) is 12.3 Å². The zero-order valence-corrected chi connectivity index (χ0v) is 15.0. The number of aromatic nitrogens is 1. The number of hydrogen-bond acceptors (Lipinski definition) is 4. The molecule has 0 amide bonds. The summed E-state index contributed by atoms with van der Waals surface area (Å²) < 4.78 is 0. The fourth-order valence-electron chi connectivity index (χ4n) is 4.52. The van der Waals surface area contributed by atoms with Gasteiger partial charge in [-0.25, -0.2) is 4.98 Å². The van der Waals surface area contributed by atoms with Gasteiger partial charge in [0.05, 0.1) is 28.8 Å². The Morgan fingerprint density at radius 3 is 2.58 bits per heavy atom. The van der Waals surface area contributed by atoms with E-state index in [1.807, 2.05) is 12.1 Å². The molecule has 0 bridgehead atoms. The van der Waals surface area contributed by atoms with Gasteiger partial charge in [-0.15, -0.1) is 6.42 Å². The van der Waals surface area contributed by atoms with E-state index >= 15 is 0 Å². The van der Waals surface area contributed by atoms with Crippen LogP contribution in [0.1, 0.15) is 61.6 Å². The minimum absolute atomic E-state index is 0.0130. The largest absolute Gasteiger partial charge is 0.387 e. The summed E-state index contributed by atoms with van der Waals surface area (Å²) in [7, 11) is 0. The van der Waals surface area contributed by atoms with Gasteiger partial charge in [-0.05, 0) is 61.5 Å². The SMILES string of the molecule is C#CC1=C(N2CCC3(CC2)CC3)c2nc([C@H](O)C3CC3)ccc2CC1=O.